The van der Waals surface area contributed by atoms with Gasteiger partial charge in [0.25, 0.3) is 5.91 Å². The standard InChI is InChI=1S/C20H23N3O4S/c1-3-28(26,27)23-11-5-6-15-12-16(9-10-19(15)23)20(25)22-18-8-4-7-17(13-18)21-14(2)24/h4,7-10,12-13H,3,5-6,11H2,1-2H3,(H,21,24)(H,22,25). The van der Waals surface area contributed by atoms with Crippen LogP contribution >= 0.6 is 0 Å². The maximum absolute atomic E-state index is 12.6. The van der Waals surface area contributed by atoms with E-state index in [0.29, 0.717) is 29.2 Å². The molecule has 2 amide bonds. The summed E-state index contributed by atoms with van der Waals surface area (Å²) in [5.41, 5.74) is 3.11. The van der Waals surface area contributed by atoms with Gasteiger partial charge in [0, 0.05) is 30.4 Å². The summed E-state index contributed by atoms with van der Waals surface area (Å²) >= 11 is 0. The van der Waals surface area contributed by atoms with Gasteiger partial charge in [0.1, 0.15) is 0 Å². The summed E-state index contributed by atoms with van der Waals surface area (Å²) in [6.07, 6.45) is 1.44. The molecule has 1 aliphatic rings. The van der Waals surface area contributed by atoms with Crippen LogP contribution in [0.3, 0.4) is 0 Å². The highest BCUT2D eigenvalue weighted by Crippen LogP contribution is 2.30. The number of hydrogen-bond acceptors (Lipinski definition) is 4. The van der Waals surface area contributed by atoms with Crippen LogP contribution in [0.4, 0.5) is 17.1 Å². The van der Waals surface area contributed by atoms with Gasteiger partial charge >= 0.3 is 0 Å². The van der Waals surface area contributed by atoms with E-state index in [1.54, 1.807) is 49.4 Å². The molecule has 0 saturated heterocycles. The van der Waals surface area contributed by atoms with Gasteiger partial charge in [-0.25, -0.2) is 8.42 Å². The molecular formula is C20H23N3O4S. The van der Waals surface area contributed by atoms with Crippen LogP contribution < -0.4 is 14.9 Å². The van der Waals surface area contributed by atoms with Crippen LogP contribution in [-0.4, -0.2) is 32.5 Å². The highest BCUT2D eigenvalue weighted by molar-refractivity contribution is 7.92. The zero-order chi connectivity index (χ0) is 20.3. The molecule has 8 heteroatoms. The third-order valence-corrected chi connectivity index (χ3v) is 6.34. The van der Waals surface area contributed by atoms with Crippen molar-refractivity contribution in [3.05, 3.63) is 53.6 Å². The minimum Gasteiger partial charge on any atom is -0.326 e. The Balaban J connectivity index is 1.82. The lowest BCUT2D eigenvalue weighted by atomic mass is 10.0. The SMILES string of the molecule is CCS(=O)(=O)N1CCCc2cc(C(=O)Nc3cccc(NC(C)=O)c3)ccc21. The predicted octanol–water partition coefficient (Wildman–Crippen LogP) is 3.00. The predicted molar refractivity (Wildman–Crippen MR) is 110 cm³/mol. The van der Waals surface area contributed by atoms with Crippen molar-refractivity contribution in [1.29, 1.82) is 0 Å². The molecular weight excluding hydrogens is 378 g/mol. The number of nitrogens with zero attached hydrogens (tertiary/aromatic N) is 1. The van der Waals surface area contributed by atoms with Gasteiger partial charge in [0.05, 0.1) is 11.4 Å². The van der Waals surface area contributed by atoms with Crippen LogP contribution in [0.1, 0.15) is 36.2 Å². The maximum atomic E-state index is 12.6. The molecule has 1 aliphatic heterocycles. The Bertz CT molecular complexity index is 1020. The molecule has 1 heterocycles. The number of carbonyl (C=O) groups is 2. The second kappa shape index (κ2) is 8.02. The molecule has 0 fully saturated rings. The number of sulfonamides is 1. The highest BCUT2D eigenvalue weighted by Gasteiger charge is 2.26. The number of carbonyl (C=O) groups excluding carboxylic acids is 2. The number of nitrogens with one attached hydrogen (secondary N) is 2. The van der Waals surface area contributed by atoms with Crippen molar-refractivity contribution >= 4 is 38.9 Å². The Morgan fingerprint density at radius 1 is 1.07 bits per heavy atom. The Labute approximate surface area is 164 Å². The van der Waals surface area contributed by atoms with Gasteiger partial charge in [-0.1, -0.05) is 6.07 Å². The molecule has 2 aromatic rings. The first-order valence-electron chi connectivity index (χ1n) is 9.12. The van der Waals surface area contributed by atoms with Gasteiger partial charge in [0.15, 0.2) is 0 Å². The van der Waals surface area contributed by atoms with Crippen molar-refractivity contribution < 1.29 is 18.0 Å². The van der Waals surface area contributed by atoms with Gasteiger partial charge in [-0.2, -0.15) is 0 Å². The lowest BCUT2D eigenvalue weighted by Gasteiger charge is -2.30. The zero-order valence-electron chi connectivity index (χ0n) is 15.9. The number of rotatable bonds is 5. The summed E-state index contributed by atoms with van der Waals surface area (Å²) < 4.78 is 26.0. The van der Waals surface area contributed by atoms with E-state index < -0.39 is 10.0 Å². The molecule has 0 aliphatic carbocycles. The fourth-order valence-electron chi connectivity index (χ4n) is 3.23. The summed E-state index contributed by atoms with van der Waals surface area (Å²) in [6, 6.07) is 12.0. The fourth-order valence-corrected chi connectivity index (χ4v) is 4.43. The van der Waals surface area contributed by atoms with E-state index >= 15 is 0 Å². The molecule has 3 rings (SSSR count). The number of fused-ring (bicyclic) bond motifs is 1. The largest absolute Gasteiger partial charge is 0.326 e. The Morgan fingerprint density at radius 3 is 2.46 bits per heavy atom. The van der Waals surface area contributed by atoms with Crippen molar-refractivity contribution in [2.45, 2.75) is 26.7 Å². The number of anilines is 3. The second-order valence-corrected chi connectivity index (χ2v) is 8.82. The maximum Gasteiger partial charge on any atom is 0.255 e. The van der Waals surface area contributed by atoms with Crippen molar-refractivity contribution in [3.8, 4) is 0 Å². The van der Waals surface area contributed by atoms with E-state index in [1.807, 2.05) is 0 Å². The molecule has 0 bridgehead atoms. The van der Waals surface area contributed by atoms with Gasteiger partial charge in [-0.3, -0.25) is 13.9 Å². The molecule has 0 atom stereocenters. The Hall–Kier alpha value is -2.87. The van der Waals surface area contributed by atoms with Crippen LogP contribution in [0.2, 0.25) is 0 Å². The number of aryl methyl sites for hydroxylation is 1. The van der Waals surface area contributed by atoms with Crippen LogP contribution in [0.5, 0.6) is 0 Å². The Morgan fingerprint density at radius 2 is 1.79 bits per heavy atom. The molecule has 0 unspecified atom stereocenters. The van der Waals surface area contributed by atoms with Crippen molar-refractivity contribution in [2.24, 2.45) is 0 Å². The smallest absolute Gasteiger partial charge is 0.255 e. The Kier molecular flexibility index (Phi) is 5.69. The number of benzene rings is 2. The average molecular weight is 401 g/mol. The molecule has 28 heavy (non-hydrogen) atoms. The third-order valence-electron chi connectivity index (χ3n) is 4.56. The molecule has 0 aromatic heterocycles. The molecule has 0 spiro atoms. The second-order valence-electron chi connectivity index (χ2n) is 6.64. The van der Waals surface area contributed by atoms with E-state index in [9.17, 15) is 18.0 Å². The number of hydrogen-bond donors (Lipinski definition) is 2. The summed E-state index contributed by atoms with van der Waals surface area (Å²) in [6.45, 7) is 3.51. The van der Waals surface area contributed by atoms with E-state index in [0.717, 1.165) is 18.4 Å². The quantitative estimate of drug-likeness (QED) is 0.805. The monoisotopic (exact) mass is 401 g/mol. The molecule has 148 valence electrons. The number of amides is 2. The van der Waals surface area contributed by atoms with Crippen molar-refractivity contribution in [2.75, 3.05) is 27.2 Å². The first-order valence-corrected chi connectivity index (χ1v) is 10.7. The first-order chi connectivity index (χ1) is 13.3. The summed E-state index contributed by atoms with van der Waals surface area (Å²) in [5.74, 6) is -0.442. The molecule has 0 radical (unpaired) electrons. The van der Waals surface area contributed by atoms with Crippen LogP contribution in [-0.2, 0) is 21.2 Å². The molecule has 7 nitrogen and oxygen atoms in total. The lowest BCUT2D eigenvalue weighted by Crippen LogP contribution is -2.36. The topological polar surface area (TPSA) is 95.6 Å². The van der Waals surface area contributed by atoms with Crippen molar-refractivity contribution in [1.82, 2.24) is 0 Å². The molecule has 0 saturated carbocycles. The first kappa shape index (κ1) is 19.9. The van der Waals surface area contributed by atoms with Crippen LogP contribution in [0.25, 0.3) is 0 Å². The zero-order valence-corrected chi connectivity index (χ0v) is 16.7. The minimum atomic E-state index is -3.33. The average Bonchev–Trinajstić information content (AvgIpc) is 2.66. The van der Waals surface area contributed by atoms with E-state index in [1.165, 1.54) is 11.2 Å². The van der Waals surface area contributed by atoms with Gasteiger partial charge in [-0.15, -0.1) is 0 Å². The third kappa shape index (κ3) is 4.33. The lowest BCUT2D eigenvalue weighted by molar-refractivity contribution is -0.114. The van der Waals surface area contributed by atoms with Gasteiger partial charge in [-0.05, 0) is 61.7 Å². The highest BCUT2D eigenvalue weighted by atomic mass is 32.2. The molecule has 2 aromatic carbocycles. The van der Waals surface area contributed by atoms with E-state index in [-0.39, 0.29) is 17.6 Å². The summed E-state index contributed by atoms with van der Waals surface area (Å²) in [4.78, 5) is 23.8. The summed E-state index contributed by atoms with van der Waals surface area (Å²) in [7, 11) is -3.33. The normalized spacial score (nSPS) is 13.6. The van der Waals surface area contributed by atoms with Crippen molar-refractivity contribution in [3.63, 3.8) is 0 Å². The summed E-state index contributed by atoms with van der Waals surface area (Å²) in [5, 5.41) is 5.48. The van der Waals surface area contributed by atoms with Crippen LogP contribution in [0.15, 0.2) is 42.5 Å². The van der Waals surface area contributed by atoms with E-state index in [2.05, 4.69) is 10.6 Å². The molecule has 2 N–H and O–H groups in total. The van der Waals surface area contributed by atoms with Gasteiger partial charge < -0.3 is 10.6 Å². The fraction of sp³-hybridized carbons (Fsp3) is 0.300. The minimum absolute atomic E-state index is 0.0410. The van der Waals surface area contributed by atoms with E-state index in [4.69, 9.17) is 0 Å². The van der Waals surface area contributed by atoms with Crippen LogP contribution in [0, 0.1) is 0 Å². The van der Waals surface area contributed by atoms with Gasteiger partial charge in [0.2, 0.25) is 15.9 Å².